The van der Waals surface area contributed by atoms with Crippen molar-refractivity contribution < 1.29 is 22.7 Å². The van der Waals surface area contributed by atoms with E-state index in [0.717, 1.165) is 0 Å². The lowest BCUT2D eigenvalue weighted by molar-refractivity contribution is -0.153. The van der Waals surface area contributed by atoms with Crippen molar-refractivity contribution in [1.82, 2.24) is 4.98 Å². The molecule has 0 saturated carbocycles. The summed E-state index contributed by atoms with van der Waals surface area (Å²) < 4.78 is 41.0. The van der Waals surface area contributed by atoms with E-state index >= 15 is 0 Å². The van der Waals surface area contributed by atoms with Gasteiger partial charge in [-0.15, -0.1) is 0 Å². The quantitative estimate of drug-likeness (QED) is 0.791. The molecule has 0 atom stereocenters. The van der Waals surface area contributed by atoms with Crippen LogP contribution in [0.3, 0.4) is 0 Å². The summed E-state index contributed by atoms with van der Waals surface area (Å²) >= 11 is 0. The zero-order valence-electron chi connectivity index (χ0n) is 9.07. The summed E-state index contributed by atoms with van der Waals surface area (Å²) in [5.74, 6) is 0.0565. The number of ether oxygens (including phenoxy) is 1. The highest BCUT2D eigenvalue weighted by molar-refractivity contribution is 5.90. The number of carbonyl (C=O) groups excluding carboxylic acids is 1. The van der Waals surface area contributed by atoms with E-state index in [4.69, 9.17) is 4.74 Å². The second-order valence-electron chi connectivity index (χ2n) is 3.61. The minimum absolute atomic E-state index is 0.0565. The second-order valence-corrected chi connectivity index (χ2v) is 3.61. The number of alkyl halides is 3. The standard InChI is InChI=1S/C12H8F3NO2/c13-12(14,15)7-18-11-3-4-16-10-2-1-8(6-17)5-9(10)11/h1-6H,7H2. The number of hydrogen-bond donors (Lipinski definition) is 0. The lowest BCUT2D eigenvalue weighted by atomic mass is 10.1. The third-order valence-electron chi connectivity index (χ3n) is 2.25. The van der Waals surface area contributed by atoms with Gasteiger partial charge in [0.1, 0.15) is 12.0 Å². The van der Waals surface area contributed by atoms with Crippen LogP contribution in [0.25, 0.3) is 10.9 Å². The number of carbonyl (C=O) groups is 1. The first-order valence-electron chi connectivity index (χ1n) is 5.03. The van der Waals surface area contributed by atoms with Crippen molar-refractivity contribution in [3.05, 3.63) is 36.0 Å². The molecule has 2 rings (SSSR count). The van der Waals surface area contributed by atoms with E-state index in [9.17, 15) is 18.0 Å². The number of fused-ring (bicyclic) bond motifs is 1. The fourth-order valence-corrected chi connectivity index (χ4v) is 1.50. The van der Waals surface area contributed by atoms with Crippen LogP contribution in [-0.2, 0) is 0 Å². The van der Waals surface area contributed by atoms with Crippen molar-refractivity contribution in [1.29, 1.82) is 0 Å². The molecule has 0 unspecified atom stereocenters. The predicted molar refractivity (Wildman–Crippen MR) is 58.7 cm³/mol. The van der Waals surface area contributed by atoms with Crippen molar-refractivity contribution in [3.63, 3.8) is 0 Å². The zero-order chi connectivity index (χ0) is 13.2. The van der Waals surface area contributed by atoms with Gasteiger partial charge >= 0.3 is 6.18 Å². The van der Waals surface area contributed by atoms with Gasteiger partial charge < -0.3 is 4.74 Å². The SMILES string of the molecule is O=Cc1ccc2nccc(OCC(F)(F)F)c2c1. The van der Waals surface area contributed by atoms with Crippen molar-refractivity contribution in [3.8, 4) is 5.75 Å². The third-order valence-corrected chi connectivity index (χ3v) is 2.25. The van der Waals surface area contributed by atoms with Crippen LogP contribution in [0, 0.1) is 0 Å². The molecule has 0 fully saturated rings. The molecule has 94 valence electrons. The molecule has 2 aromatic rings. The maximum absolute atomic E-state index is 12.1. The van der Waals surface area contributed by atoms with Crippen LogP contribution < -0.4 is 4.74 Å². The Morgan fingerprint density at radius 2 is 2.06 bits per heavy atom. The molecule has 6 heteroatoms. The predicted octanol–water partition coefficient (Wildman–Crippen LogP) is 2.99. The Morgan fingerprint density at radius 1 is 1.28 bits per heavy atom. The Hall–Kier alpha value is -2.11. The van der Waals surface area contributed by atoms with Gasteiger partial charge in [-0.25, -0.2) is 0 Å². The molecular weight excluding hydrogens is 247 g/mol. The smallest absolute Gasteiger partial charge is 0.422 e. The van der Waals surface area contributed by atoms with Gasteiger partial charge in [0.2, 0.25) is 0 Å². The van der Waals surface area contributed by atoms with E-state index in [0.29, 0.717) is 22.8 Å². The molecule has 1 aromatic carbocycles. The average molecular weight is 255 g/mol. The highest BCUT2D eigenvalue weighted by Crippen LogP contribution is 2.26. The van der Waals surface area contributed by atoms with Gasteiger partial charge in [0.05, 0.1) is 5.52 Å². The molecule has 0 saturated heterocycles. The summed E-state index contributed by atoms with van der Waals surface area (Å²) in [5.41, 5.74) is 0.827. The van der Waals surface area contributed by atoms with Crippen LogP contribution in [-0.4, -0.2) is 24.1 Å². The van der Waals surface area contributed by atoms with Crippen LogP contribution in [0.15, 0.2) is 30.5 Å². The van der Waals surface area contributed by atoms with Crippen molar-refractivity contribution in [2.24, 2.45) is 0 Å². The molecular formula is C12H8F3NO2. The fourth-order valence-electron chi connectivity index (χ4n) is 1.50. The molecule has 0 radical (unpaired) electrons. The monoisotopic (exact) mass is 255 g/mol. The number of aromatic nitrogens is 1. The summed E-state index contributed by atoms with van der Waals surface area (Å²) in [4.78, 5) is 14.6. The largest absolute Gasteiger partial charge is 0.483 e. The number of hydrogen-bond acceptors (Lipinski definition) is 3. The van der Waals surface area contributed by atoms with E-state index in [1.165, 1.54) is 24.4 Å². The molecule has 1 aromatic heterocycles. The number of benzene rings is 1. The Balaban J connectivity index is 2.40. The number of aldehydes is 1. The minimum atomic E-state index is -4.40. The van der Waals surface area contributed by atoms with Gasteiger partial charge in [0.15, 0.2) is 6.61 Å². The highest BCUT2D eigenvalue weighted by Gasteiger charge is 2.28. The summed E-state index contributed by atoms with van der Waals surface area (Å²) in [7, 11) is 0. The van der Waals surface area contributed by atoms with Crippen molar-refractivity contribution in [2.75, 3.05) is 6.61 Å². The molecule has 0 amide bonds. The first-order valence-corrected chi connectivity index (χ1v) is 5.03. The lowest BCUT2D eigenvalue weighted by Gasteiger charge is -2.11. The molecule has 0 aliphatic heterocycles. The third kappa shape index (κ3) is 2.77. The normalized spacial score (nSPS) is 11.5. The molecule has 0 aliphatic carbocycles. The van der Waals surface area contributed by atoms with Crippen LogP contribution in [0.5, 0.6) is 5.75 Å². The topological polar surface area (TPSA) is 39.2 Å². The summed E-state index contributed by atoms with van der Waals surface area (Å²) in [5, 5.41) is 0.381. The van der Waals surface area contributed by atoms with Crippen molar-refractivity contribution >= 4 is 17.2 Å². The number of nitrogens with zero attached hydrogens (tertiary/aromatic N) is 1. The first kappa shape index (κ1) is 12.3. The molecule has 18 heavy (non-hydrogen) atoms. The number of pyridine rings is 1. The van der Waals surface area contributed by atoms with Crippen LogP contribution in [0.2, 0.25) is 0 Å². The molecule has 1 heterocycles. The molecule has 0 bridgehead atoms. The molecule has 0 aliphatic rings. The van der Waals surface area contributed by atoms with Gasteiger partial charge in [0.25, 0.3) is 0 Å². The maximum Gasteiger partial charge on any atom is 0.422 e. The van der Waals surface area contributed by atoms with Crippen molar-refractivity contribution in [2.45, 2.75) is 6.18 Å². The molecule has 3 nitrogen and oxygen atoms in total. The summed E-state index contributed by atoms with van der Waals surface area (Å²) in [6.07, 6.45) is -2.44. The number of halogens is 3. The summed E-state index contributed by atoms with van der Waals surface area (Å²) in [6.45, 7) is -1.38. The van der Waals surface area contributed by atoms with E-state index in [-0.39, 0.29) is 5.75 Å². The first-order chi connectivity index (χ1) is 8.49. The van der Waals surface area contributed by atoms with E-state index in [1.54, 1.807) is 6.07 Å². The zero-order valence-corrected chi connectivity index (χ0v) is 9.07. The molecule has 0 spiro atoms. The molecule has 0 N–H and O–H groups in total. The van der Waals surface area contributed by atoms with Crippen LogP contribution in [0.4, 0.5) is 13.2 Å². The van der Waals surface area contributed by atoms with E-state index in [2.05, 4.69) is 4.98 Å². The average Bonchev–Trinajstić information content (AvgIpc) is 2.34. The minimum Gasteiger partial charge on any atom is -0.483 e. The van der Waals surface area contributed by atoms with Gasteiger partial charge in [-0.3, -0.25) is 9.78 Å². The van der Waals surface area contributed by atoms with Gasteiger partial charge in [0, 0.05) is 17.1 Å². The lowest BCUT2D eigenvalue weighted by Crippen LogP contribution is -2.19. The maximum atomic E-state index is 12.1. The van der Waals surface area contributed by atoms with Gasteiger partial charge in [-0.1, -0.05) is 0 Å². The Labute approximate surface area is 100 Å². The van der Waals surface area contributed by atoms with Gasteiger partial charge in [-0.05, 0) is 24.3 Å². The number of rotatable bonds is 3. The van der Waals surface area contributed by atoms with Crippen LogP contribution >= 0.6 is 0 Å². The Morgan fingerprint density at radius 3 is 2.72 bits per heavy atom. The second kappa shape index (κ2) is 4.64. The van der Waals surface area contributed by atoms with E-state index < -0.39 is 12.8 Å². The highest BCUT2D eigenvalue weighted by atomic mass is 19.4. The van der Waals surface area contributed by atoms with Crippen LogP contribution in [0.1, 0.15) is 10.4 Å². The Bertz CT molecular complexity index is 581. The van der Waals surface area contributed by atoms with Gasteiger partial charge in [-0.2, -0.15) is 13.2 Å². The Kier molecular flexibility index (Phi) is 3.18. The summed E-state index contributed by atoms with van der Waals surface area (Å²) in [6, 6.07) is 5.87. The van der Waals surface area contributed by atoms with E-state index in [1.807, 2.05) is 0 Å². The fraction of sp³-hybridized carbons (Fsp3) is 0.167.